The molecule has 1 N–H and O–H groups in total. The molecule has 0 spiro atoms. The summed E-state index contributed by atoms with van der Waals surface area (Å²) in [6, 6.07) is 7.68. The van der Waals surface area contributed by atoms with Crippen LogP contribution in [0.15, 0.2) is 30.3 Å². The Hall–Kier alpha value is -2.49. The van der Waals surface area contributed by atoms with E-state index in [0.717, 1.165) is 0 Å². The van der Waals surface area contributed by atoms with Gasteiger partial charge in [0.25, 0.3) is 11.8 Å². The molecule has 0 saturated carbocycles. The number of amides is 2. The number of benzene rings is 2. The molecule has 2 aromatic rings. The number of methoxy groups -OCH3 is 1. The number of hydrogen-bond donors (Lipinski definition) is 1. The summed E-state index contributed by atoms with van der Waals surface area (Å²) >= 11 is 0. The maximum Gasteiger partial charge on any atom is 0.419 e. The second-order valence-corrected chi connectivity index (χ2v) is 5.49. The topological polar surface area (TPSA) is 110 Å². The van der Waals surface area contributed by atoms with Crippen LogP contribution in [-0.4, -0.2) is 37.0 Å². The van der Waals surface area contributed by atoms with Crippen LogP contribution in [-0.2, 0) is 14.7 Å². The summed E-state index contributed by atoms with van der Waals surface area (Å²) in [5.41, 5.74) is 0.117. The molecule has 8 nitrogen and oxygen atoms in total. The third-order valence-corrected chi connectivity index (χ3v) is 3.52. The van der Waals surface area contributed by atoms with Crippen molar-refractivity contribution < 1.29 is 31.6 Å². The molecule has 9 heteroatoms. The zero-order chi connectivity index (χ0) is 16.1. The summed E-state index contributed by atoms with van der Waals surface area (Å²) in [5.74, 6) is -1.63. The van der Waals surface area contributed by atoms with Crippen LogP contribution in [0.1, 0.15) is 20.7 Å². The van der Waals surface area contributed by atoms with Crippen molar-refractivity contribution >= 4 is 33.0 Å². The van der Waals surface area contributed by atoms with Gasteiger partial charge in [-0.25, -0.2) is 0 Å². The minimum atomic E-state index is -5.02. The fourth-order valence-corrected chi connectivity index (χ4v) is 2.66. The van der Waals surface area contributed by atoms with E-state index in [1.807, 2.05) is 0 Å². The predicted octanol–water partition coefficient (Wildman–Crippen LogP) is 1.18. The zero-order valence-corrected chi connectivity index (χ0v) is 12.0. The van der Waals surface area contributed by atoms with E-state index >= 15 is 0 Å². The van der Waals surface area contributed by atoms with E-state index in [2.05, 4.69) is 4.28 Å². The molecule has 0 aromatic heterocycles. The van der Waals surface area contributed by atoms with Crippen LogP contribution >= 0.6 is 0 Å². The van der Waals surface area contributed by atoms with Crippen LogP contribution in [0, 0.1) is 0 Å². The highest BCUT2D eigenvalue weighted by atomic mass is 32.3. The van der Waals surface area contributed by atoms with Gasteiger partial charge in [0.1, 0.15) is 5.75 Å². The molecule has 3 rings (SSSR count). The minimum absolute atomic E-state index is 0.00583. The molecule has 1 aliphatic rings. The standard InChI is InChI=1S/C13H9NO7S/c1-20-8-5-7-3-2-4-9-11(7)10(6-8)13(16)14(12(9)15)21-22(17,18)19/h2-6H,1H3,(H,17,18,19). The number of carbonyl (C=O) groups excluding carboxylic acids is 2. The first-order valence-electron chi connectivity index (χ1n) is 5.98. The summed E-state index contributed by atoms with van der Waals surface area (Å²) in [5, 5.41) is 0.958. The van der Waals surface area contributed by atoms with Crippen LogP contribution in [0.3, 0.4) is 0 Å². The highest BCUT2D eigenvalue weighted by molar-refractivity contribution is 7.80. The Morgan fingerprint density at radius 2 is 1.77 bits per heavy atom. The van der Waals surface area contributed by atoms with Gasteiger partial charge in [0.15, 0.2) is 0 Å². The van der Waals surface area contributed by atoms with Crippen molar-refractivity contribution in [3.8, 4) is 5.75 Å². The monoisotopic (exact) mass is 323 g/mol. The Morgan fingerprint density at radius 3 is 2.41 bits per heavy atom. The summed E-state index contributed by atoms with van der Waals surface area (Å²) in [4.78, 5) is 24.5. The molecule has 0 bridgehead atoms. The van der Waals surface area contributed by atoms with Gasteiger partial charge in [-0.1, -0.05) is 12.1 Å². The highest BCUT2D eigenvalue weighted by Gasteiger charge is 2.37. The Morgan fingerprint density at radius 1 is 1.09 bits per heavy atom. The van der Waals surface area contributed by atoms with E-state index in [4.69, 9.17) is 9.29 Å². The molecule has 0 aliphatic carbocycles. The van der Waals surface area contributed by atoms with Crippen molar-refractivity contribution in [3.63, 3.8) is 0 Å². The van der Waals surface area contributed by atoms with Crippen molar-refractivity contribution in [1.29, 1.82) is 0 Å². The van der Waals surface area contributed by atoms with E-state index in [1.165, 1.54) is 19.2 Å². The van der Waals surface area contributed by atoms with Gasteiger partial charge < -0.3 is 4.74 Å². The van der Waals surface area contributed by atoms with E-state index in [0.29, 0.717) is 16.5 Å². The van der Waals surface area contributed by atoms with Gasteiger partial charge in [-0.05, 0) is 23.6 Å². The molecule has 1 aliphatic heterocycles. The number of nitrogens with zero attached hydrogens (tertiary/aromatic N) is 1. The SMILES string of the molecule is COc1cc2c3c(cccc3c1)C(=O)N(OS(=O)(=O)O)C2=O. The fraction of sp³-hybridized carbons (Fsp3) is 0.0769. The second-order valence-electron chi connectivity index (χ2n) is 4.49. The Kier molecular flexibility index (Phi) is 3.13. The summed E-state index contributed by atoms with van der Waals surface area (Å²) in [7, 11) is -3.62. The van der Waals surface area contributed by atoms with Gasteiger partial charge in [-0.3, -0.25) is 14.1 Å². The number of ether oxygens (including phenoxy) is 1. The van der Waals surface area contributed by atoms with Gasteiger partial charge in [0, 0.05) is 5.39 Å². The molecule has 0 unspecified atom stereocenters. The molecule has 2 aromatic carbocycles. The predicted molar refractivity (Wildman–Crippen MR) is 73.6 cm³/mol. The Bertz CT molecular complexity index is 919. The van der Waals surface area contributed by atoms with Gasteiger partial charge in [-0.2, -0.15) is 8.42 Å². The maximum absolute atomic E-state index is 12.3. The van der Waals surface area contributed by atoms with E-state index in [1.54, 1.807) is 18.2 Å². The second kappa shape index (κ2) is 4.77. The fourth-order valence-electron chi connectivity index (χ4n) is 2.34. The molecule has 0 atom stereocenters. The first-order valence-corrected chi connectivity index (χ1v) is 7.35. The van der Waals surface area contributed by atoms with Crippen molar-refractivity contribution in [1.82, 2.24) is 5.06 Å². The largest absolute Gasteiger partial charge is 0.497 e. The van der Waals surface area contributed by atoms with Gasteiger partial charge in [0.2, 0.25) is 0 Å². The van der Waals surface area contributed by atoms with Crippen molar-refractivity contribution in [2.45, 2.75) is 0 Å². The first-order chi connectivity index (χ1) is 10.3. The van der Waals surface area contributed by atoms with Gasteiger partial charge in [-0.15, -0.1) is 9.35 Å². The molecule has 0 radical (unpaired) electrons. The van der Waals surface area contributed by atoms with Crippen LogP contribution in [0.2, 0.25) is 0 Å². The molecule has 114 valence electrons. The average Bonchev–Trinajstić information content (AvgIpc) is 2.47. The lowest BCUT2D eigenvalue weighted by atomic mass is 9.95. The molecular weight excluding hydrogens is 314 g/mol. The van der Waals surface area contributed by atoms with Gasteiger partial charge >= 0.3 is 10.4 Å². The highest BCUT2D eigenvalue weighted by Crippen LogP contribution is 2.33. The summed E-state index contributed by atoms with van der Waals surface area (Å²) < 4.78 is 39.6. The summed E-state index contributed by atoms with van der Waals surface area (Å²) in [6.45, 7) is 0. The normalized spacial score (nSPS) is 14.5. The summed E-state index contributed by atoms with van der Waals surface area (Å²) in [6.07, 6.45) is 0. The third kappa shape index (κ3) is 2.21. The van der Waals surface area contributed by atoms with Crippen molar-refractivity contribution in [2.75, 3.05) is 7.11 Å². The Labute approximate surface area is 124 Å². The average molecular weight is 323 g/mol. The molecule has 2 amide bonds. The lowest BCUT2D eigenvalue weighted by Crippen LogP contribution is -2.41. The van der Waals surface area contributed by atoms with Crippen LogP contribution in [0.4, 0.5) is 0 Å². The number of rotatable bonds is 3. The minimum Gasteiger partial charge on any atom is -0.497 e. The molecule has 1 heterocycles. The molecule has 22 heavy (non-hydrogen) atoms. The van der Waals surface area contributed by atoms with Gasteiger partial charge in [0.05, 0.1) is 18.2 Å². The number of carbonyl (C=O) groups is 2. The van der Waals surface area contributed by atoms with Crippen molar-refractivity contribution in [2.24, 2.45) is 0 Å². The molecule has 0 saturated heterocycles. The number of hydrogen-bond acceptors (Lipinski definition) is 6. The van der Waals surface area contributed by atoms with E-state index in [-0.39, 0.29) is 16.2 Å². The lowest BCUT2D eigenvalue weighted by molar-refractivity contribution is -0.0217. The van der Waals surface area contributed by atoms with Crippen LogP contribution in [0.5, 0.6) is 5.75 Å². The maximum atomic E-state index is 12.3. The first kappa shape index (κ1) is 14.4. The number of imide groups is 1. The zero-order valence-electron chi connectivity index (χ0n) is 11.1. The third-order valence-electron chi connectivity index (χ3n) is 3.18. The lowest BCUT2D eigenvalue weighted by Gasteiger charge is -2.24. The molecular formula is C13H9NO7S. The van der Waals surface area contributed by atoms with Crippen molar-refractivity contribution in [3.05, 3.63) is 41.5 Å². The van der Waals surface area contributed by atoms with Crippen LogP contribution in [0.25, 0.3) is 10.8 Å². The molecule has 0 fully saturated rings. The van der Waals surface area contributed by atoms with E-state index < -0.39 is 22.2 Å². The smallest absolute Gasteiger partial charge is 0.419 e. The van der Waals surface area contributed by atoms with Crippen LogP contribution < -0.4 is 4.74 Å². The number of hydroxylamine groups is 2. The quantitative estimate of drug-likeness (QED) is 0.667. The van der Waals surface area contributed by atoms with E-state index in [9.17, 15) is 18.0 Å². The Balaban J connectivity index is 2.29.